The molecule has 12 heteroatoms. The molecule has 4 rings (SSSR count). The summed E-state index contributed by atoms with van der Waals surface area (Å²) in [5, 5.41) is 14.5. The number of imidazole rings is 1. The van der Waals surface area contributed by atoms with Crippen molar-refractivity contribution in [3.8, 4) is 11.6 Å². The summed E-state index contributed by atoms with van der Waals surface area (Å²) in [6, 6.07) is 11.7. The van der Waals surface area contributed by atoms with E-state index in [9.17, 15) is 23.3 Å². The van der Waals surface area contributed by atoms with E-state index >= 15 is 0 Å². The summed E-state index contributed by atoms with van der Waals surface area (Å²) in [4.78, 5) is 23.3. The molecule has 0 bridgehead atoms. The number of aromatic nitrogens is 4. The van der Waals surface area contributed by atoms with Crippen molar-refractivity contribution < 1.29 is 22.8 Å². The van der Waals surface area contributed by atoms with Crippen LogP contribution in [-0.4, -0.2) is 30.8 Å². The van der Waals surface area contributed by atoms with Gasteiger partial charge < -0.3 is 10.1 Å². The van der Waals surface area contributed by atoms with Crippen LogP contribution in [0.5, 0.6) is 5.75 Å². The second kappa shape index (κ2) is 7.31. The zero-order chi connectivity index (χ0) is 21.3. The van der Waals surface area contributed by atoms with Crippen LogP contribution in [0.1, 0.15) is 0 Å². The fraction of sp³-hybridized carbons (Fsp3) is 0.0556. The Balaban J connectivity index is 1.71. The fourth-order valence-corrected chi connectivity index (χ4v) is 2.81. The average Bonchev–Trinajstić information content (AvgIpc) is 3.12. The number of ether oxygens (including phenoxy) is 1. The van der Waals surface area contributed by atoms with Crippen molar-refractivity contribution in [2.24, 2.45) is 0 Å². The summed E-state index contributed by atoms with van der Waals surface area (Å²) in [6.07, 6.45) is -2.27. The third-order valence-electron chi connectivity index (χ3n) is 4.02. The van der Waals surface area contributed by atoms with E-state index in [0.29, 0.717) is 11.0 Å². The molecule has 0 aliphatic carbocycles. The molecular formula is C18H11F3N6O3. The Morgan fingerprint density at radius 3 is 2.47 bits per heavy atom. The lowest BCUT2D eigenvalue weighted by atomic mass is 10.3. The number of halogens is 3. The predicted molar refractivity (Wildman–Crippen MR) is 99.7 cm³/mol. The standard InChI is InChI=1S/C18H11F3N6O3/c19-18(20,21)30-12-7-5-11(6-8-12)25-16-15(27(28)29)17(23-9-22-16)26-10-24-13-3-1-2-4-14(13)26/h1-10H,(H,22,23,25). The molecular weight excluding hydrogens is 405 g/mol. The second-order valence-corrected chi connectivity index (χ2v) is 5.95. The first-order valence-corrected chi connectivity index (χ1v) is 8.36. The third-order valence-corrected chi connectivity index (χ3v) is 4.02. The van der Waals surface area contributed by atoms with Crippen molar-refractivity contribution in [3.05, 3.63) is 71.3 Å². The van der Waals surface area contributed by atoms with Crippen LogP contribution in [0.2, 0.25) is 0 Å². The molecule has 0 unspecified atom stereocenters. The lowest BCUT2D eigenvalue weighted by Gasteiger charge is -2.11. The van der Waals surface area contributed by atoms with Gasteiger partial charge in [0, 0.05) is 5.69 Å². The van der Waals surface area contributed by atoms with E-state index in [2.05, 4.69) is 25.0 Å². The first-order valence-electron chi connectivity index (χ1n) is 8.36. The molecule has 0 saturated heterocycles. The van der Waals surface area contributed by atoms with Gasteiger partial charge in [-0.25, -0.2) is 15.0 Å². The zero-order valence-electron chi connectivity index (χ0n) is 14.9. The molecule has 2 aromatic heterocycles. The molecule has 0 radical (unpaired) electrons. The van der Waals surface area contributed by atoms with Crippen LogP contribution in [0, 0.1) is 10.1 Å². The topological polar surface area (TPSA) is 108 Å². The van der Waals surface area contributed by atoms with E-state index in [1.165, 1.54) is 23.0 Å². The Hall–Kier alpha value is -4.22. The first-order chi connectivity index (χ1) is 14.3. The van der Waals surface area contributed by atoms with Crippen molar-refractivity contribution in [2.75, 3.05) is 5.32 Å². The van der Waals surface area contributed by atoms with Crippen molar-refractivity contribution >= 4 is 28.2 Å². The molecule has 0 atom stereocenters. The summed E-state index contributed by atoms with van der Waals surface area (Å²) in [7, 11) is 0. The lowest BCUT2D eigenvalue weighted by Crippen LogP contribution is -2.17. The SMILES string of the molecule is O=[N+]([O-])c1c(Nc2ccc(OC(F)(F)F)cc2)ncnc1-n1cnc2ccccc21. The number of nitrogens with one attached hydrogen (secondary N) is 1. The summed E-state index contributed by atoms with van der Waals surface area (Å²) in [5.74, 6) is -0.564. The van der Waals surface area contributed by atoms with E-state index in [4.69, 9.17) is 0 Å². The molecule has 0 aliphatic heterocycles. The maximum Gasteiger partial charge on any atom is 0.573 e. The first kappa shape index (κ1) is 19.1. The van der Waals surface area contributed by atoms with E-state index < -0.39 is 22.7 Å². The van der Waals surface area contributed by atoms with Crippen LogP contribution in [0.15, 0.2) is 61.2 Å². The Kier molecular flexibility index (Phi) is 4.66. The number of hydrogen-bond donors (Lipinski definition) is 1. The normalized spacial score (nSPS) is 11.4. The maximum absolute atomic E-state index is 12.3. The minimum absolute atomic E-state index is 0.0109. The molecule has 2 aromatic carbocycles. The highest BCUT2D eigenvalue weighted by molar-refractivity contribution is 5.79. The highest BCUT2D eigenvalue weighted by Gasteiger charge is 2.31. The summed E-state index contributed by atoms with van der Waals surface area (Å²) < 4.78 is 42.1. The van der Waals surface area contributed by atoms with Crippen LogP contribution >= 0.6 is 0 Å². The third kappa shape index (κ3) is 3.83. The fourth-order valence-electron chi connectivity index (χ4n) is 2.81. The van der Waals surface area contributed by atoms with E-state index in [0.717, 1.165) is 18.5 Å². The van der Waals surface area contributed by atoms with Crippen LogP contribution in [0.4, 0.5) is 30.4 Å². The van der Waals surface area contributed by atoms with Crippen molar-refractivity contribution in [2.45, 2.75) is 6.36 Å². The quantitative estimate of drug-likeness (QED) is 0.380. The number of fused-ring (bicyclic) bond motifs is 1. The van der Waals surface area contributed by atoms with Crippen molar-refractivity contribution in [1.29, 1.82) is 0 Å². The number of anilines is 2. The molecule has 152 valence electrons. The largest absolute Gasteiger partial charge is 0.573 e. The maximum atomic E-state index is 12.3. The van der Waals surface area contributed by atoms with Gasteiger partial charge in [0.1, 0.15) is 18.4 Å². The minimum Gasteiger partial charge on any atom is -0.406 e. The van der Waals surface area contributed by atoms with Gasteiger partial charge in [-0.15, -0.1) is 13.2 Å². The van der Waals surface area contributed by atoms with Gasteiger partial charge in [-0.2, -0.15) is 0 Å². The van der Waals surface area contributed by atoms with Gasteiger partial charge >= 0.3 is 12.0 Å². The number of hydrogen-bond acceptors (Lipinski definition) is 7. The summed E-state index contributed by atoms with van der Waals surface area (Å²) >= 11 is 0. The smallest absolute Gasteiger partial charge is 0.406 e. The zero-order valence-corrected chi connectivity index (χ0v) is 14.9. The van der Waals surface area contributed by atoms with Gasteiger partial charge in [0.25, 0.3) is 0 Å². The summed E-state index contributed by atoms with van der Waals surface area (Å²) in [5.41, 5.74) is 1.09. The minimum atomic E-state index is -4.82. The molecule has 1 N–H and O–H groups in total. The number of rotatable bonds is 5. The number of benzene rings is 2. The van der Waals surface area contributed by atoms with Crippen LogP contribution in [0.3, 0.4) is 0 Å². The van der Waals surface area contributed by atoms with Crippen molar-refractivity contribution in [3.63, 3.8) is 0 Å². The summed E-state index contributed by atoms with van der Waals surface area (Å²) in [6.45, 7) is 0. The molecule has 0 aliphatic rings. The molecule has 30 heavy (non-hydrogen) atoms. The Morgan fingerprint density at radius 1 is 1.03 bits per heavy atom. The Bertz CT molecular complexity index is 1220. The molecule has 0 spiro atoms. The van der Waals surface area contributed by atoms with Gasteiger partial charge in [-0.1, -0.05) is 12.1 Å². The molecule has 9 nitrogen and oxygen atoms in total. The van der Waals surface area contributed by atoms with Gasteiger partial charge in [0.05, 0.1) is 16.0 Å². The molecule has 0 amide bonds. The number of alkyl halides is 3. The van der Waals surface area contributed by atoms with Gasteiger partial charge in [-0.3, -0.25) is 14.7 Å². The van der Waals surface area contributed by atoms with Crippen LogP contribution < -0.4 is 10.1 Å². The van der Waals surface area contributed by atoms with Crippen LogP contribution in [0.25, 0.3) is 16.9 Å². The Morgan fingerprint density at radius 2 is 1.77 bits per heavy atom. The monoisotopic (exact) mass is 416 g/mol. The van der Waals surface area contributed by atoms with Gasteiger partial charge in [-0.05, 0) is 36.4 Å². The lowest BCUT2D eigenvalue weighted by molar-refractivity contribution is -0.384. The van der Waals surface area contributed by atoms with E-state index in [-0.39, 0.29) is 17.3 Å². The second-order valence-electron chi connectivity index (χ2n) is 5.95. The van der Waals surface area contributed by atoms with Gasteiger partial charge in [0.2, 0.25) is 11.6 Å². The number of nitrogens with zero attached hydrogens (tertiary/aromatic N) is 5. The molecule has 2 heterocycles. The Labute approximate surface area is 165 Å². The van der Waals surface area contributed by atoms with Crippen molar-refractivity contribution in [1.82, 2.24) is 19.5 Å². The highest BCUT2D eigenvalue weighted by atomic mass is 19.4. The van der Waals surface area contributed by atoms with E-state index in [1.807, 2.05) is 0 Å². The number of para-hydroxylation sites is 2. The average molecular weight is 416 g/mol. The van der Waals surface area contributed by atoms with E-state index in [1.54, 1.807) is 24.3 Å². The van der Waals surface area contributed by atoms with Gasteiger partial charge in [0.15, 0.2) is 0 Å². The molecule has 4 aromatic rings. The predicted octanol–water partition coefficient (Wildman–Crippen LogP) is 4.37. The number of nitro groups is 1. The molecule has 0 saturated carbocycles. The highest BCUT2D eigenvalue weighted by Crippen LogP contribution is 2.32. The molecule has 0 fully saturated rings. The van der Waals surface area contributed by atoms with Crippen LogP contribution in [-0.2, 0) is 0 Å².